The van der Waals surface area contributed by atoms with Crippen molar-refractivity contribution in [3.63, 3.8) is 0 Å². The Morgan fingerprint density at radius 2 is 1.46 bits per heavy atom. The van der Waals surface area contributed by atoms with Crippen LogP contribution in [0.2, 0.25) is 0 Å². The monoisotopic (exact) mass is 318 g/mol. The van der Waals surface area contributed by atoms with Crippen molar-refractivity contribution in [1.82, 2.24) is 0 Å². The van der Waals surface area contributed by atoms with Crippen molar-refractivity contribution in [3.05, 3.63) is 83.9 Å². The molecule has 0 saturated carbocycles. The van der Waals surface area contributed by atoms with Gasteiger partial charge in [0.05, 0.1) is 18.5 Å². The van der Waals surface area contributed by atoms with Crippen LogP contribution in [0.4, 0.5) is 17.1 Å². The van der Waals surface area contributed by atoms with Crippen LogP contribution in [0.1, 0.15) is 15.9 Å². The molecule has 0 bridgehead atoms. The highest BCUT2D eigenvalue weighted by Gasteiger charge is 2.09. The summed E-state index contributed by atoms with van der Waals surface area (Å²) in [4.78, 5) is 12.5. The van der Waals surface area contributed by atoms with E-state index >= 15 is 0 Å². The van der Waals surface area contributed by atoms with Crippen LogP contribution in [-0.2, 0) is 0 Å². The van der Waals surface area contributed by atoms with Crippen LogP contribution in [0, 0.1) is 0 Å². The largest absolute Gasteiger partial charge is 0.497 e. The van der Waals surface area contributed by atoms with E-state index in [-0.39, 0.29) is 5.78 Å². The van der Waals surface area contributed by atoms with Crippen LogP contribution in [0.25, 0.3) is 0 Å². The summed E-state index contributed by atoms with van der Waals surface area (Å²) in [5.41, 5.74) is 9.57. The average Bonchev–Trinajstić information content (AvgIpc) is 2.64. The number of anilines is 3. The Kier molecular flexibility index (Phi) is 4.47. The first-order valence-electron chi connectivity index (χ1n) is 7.58. The van der Waals surface area contributed by atoms with Gasteiger partial charge in [-0.25, -0.2) is 0 Å². The number of para-hydroxylation sites is 2. The fourth-order valence-corrected chi connectivity index (χ4v) is 2.38. The van der Waals surface area contributed by atoms with Gasteiger partial charge in [0.2, 0.25) is 0 Å². The Morgan fingerprint density at radius 1 is 0.875 bits per heavy atom. The molecule has 0 heterocycles. The molecule has 3 N–H and O–H groups in total. The third kappa shape index (κ3) is 3.38. The van der Waals surface area contributed by atoms with Crippen LogP contribution < -0.4 is 15.8 Å². The van der Waals surface area contributed by atoms with Gasteiger partial charge in [0, 0.05) is 16.8 Å². The lowest BCUT2D eigenvalue weighted by molar-refractivity contribution is 0.103. The normalized spacial score (nSPS) is 10.2. The second-order valence-corrected chi connectivity index (χ2v) is 5.35. The molecule has 0 radical (unpaired) electrons. The van der Waals surface area contributed by atoms with E-state index in [2.05, 4.69) is 5.32 Å². The Balaban J connectivity index is 1.76. The molecule has 4 nitrogen and oxygen atoms in total. The molecular weight excluding hydrogens is 300 g/mol. The number of ketones is 1. The molecule has 0 aliphatic carbocycles. The third-order valence-corrected chi connectivity index (χ3v) is 3.74. The van der Waals surface area contributed by atoms with Crippen molar-refractivity contribution < 1.29 is 9.53 Å². The number of ether oxygens (including phenoxy) is 1. The zero-order valence-electron chi connectivity index (χ0n) is 13.3. The molecule has 0 spiro atoms. The second-order valence-electron chi connectivity index (χ2n) is 5.35. The summed E-state index contributed by atoms with van der Waals surface area (Å²) in [5.74, 6) is 0.704. The molecule has 3 aromatic carbocycles. The maximum absolute atomic E-state index is 12.5. The van der Waals surface area contributed by atoms with Crippen molar-refractivity contribution in [3.8, 4) is 5.75 Å². The standard InChI is InChI=1S/C20H18N2O2/c1-24-17-12-8-15(9-13-17)20(23)14-6-10-16(11-7-14)22-19-5-3-2-4-18(19)21/h2-13,22H,21H2,1H3. The van der Waals surface area contributed by atoms with Crippen LogP contribution in [0.15, 0.2) is 72.8 Å². The lowest BCUT2D eigenvalue weighted by Crippen LogP contribution is -2.02. The highest BCUT2D eigenvalue weighted by atomic mass is 16.5. The van der Waals surface area contributed by atoms with Crippen LogP contribution >= 0.6 is 0 Å². The summed E-state index contributed by atoms with van der Waals surface area (Å²) in [5, 5.41) is 3.24. The topological polar surface area (TPSA) is 64.3 Å². The van der Waals surface area contributed by atoms with Gasteiger partial charge in [0.25, 0.3) is 0 Å². The van der Waals surface area contributed by atoms with Gasteiger partial charge in [-0.1, -0.05) is 12.1 Å². The van der Waals surface area contributed by atoms with Crippen molar-refractivity contribution in [2.75, 3.05) is 18.2 Å². The number of methoxy groups -OCH3 is 1. The van der Waals surface area contributed by atoms with Gasteiger partial charge in [-0.05, 0) is 60.7 Å². The number of rotatable bonds is 5. The summed E-state index contributed by atoms with van der Waals surface area (Å²) in [6.45, 7) is 0. The second kappa shape index (κ2) is 6.87. The molecule has 0 amide bonds. The van der Waals surface area contributed by atoms with E-state index in [4.69, 9.17) is 10.5 Å². The van der Waals surface area contributed by atoms with E-state index in [1.807, 2.05) is 36.4 Å². The molecular formula is C20H18N2O2. The van der Waals surface area contributed by atoms with E-state index in [0.29, 0.717) is 16.8 Å². The molecule has 0 aliphatic rings. The molecule has 120 valence electrons. The minimum Gasteiger partial charge on any atom is -0.497 e. The number of nitrogens with two attached hydrogens (primary N) is 1. The predicted octanol–water partition coefficient (Wildman–Crippen LogP) is 4.25. The Labute approximate surface area is 140 Å². The van der Waals surface area contributed by atoms with E-state index < -0.39 is 0 Å². The van der Waals surface area contributed by atoms with E-state index in [9.17, 15) is 4.79 Å². The lowest BCUT2D eigenvalue weighted by atomic mass is 10.0. The highest BCUT2D eigenvalue weighted by Crippen LogP contribution is 2.23. The van der Waals surface area contributed by atoms with Crippen LogP contribution in [0.5, 0.6) is 5.75 Å². The maximum atomic E-state index is 12.5. The first-order valence-corrected chi connectivity index (χ1v) is 7.58. The van der Waals surface area contributed by atoms with Crippen LogP contribution in [0.3, 0.4) is 0 Å². The molecule has 24 heavy (non-hydrogen) atoms. The van der Waals surface area contributed by atoms with Gasteiger partial charge in [0.1, 0.15) is 5.75 Å². The van der Waals surface area contributed by atoms with Crippen LogP contribution in [-0.4, -0.2) is 12.9 Å². The number of benzene rings is 3. The number of nitrogen functional groups attached to an aromatic ring is 1. The summed E-state index contributed by atoms with van der Waals surface area (Å²) in [7, 11) is 1.60. The van der Waals surface area contributed by atoms with Crippen molar-refractivity contribution in [1.29, 1.82) is 0 Å². The molecule has 0 aromatic heterocycles. The Morgan fingerprint density at radius 3 is 2.04 bits per heavy atom. The molecule has 0 unspecified atom stereocenters. The zero-order valence-corrected chi connectivity index (χ0v) is 13.3. The first kappa shape index (κ1) is 15.6. The van der Waals surface area contributed by atoms with E-state index in [1.165, 1.54) is 0 Å². The third-order valence-electron chi connectivity index (χ3n) is 3.74. The number of hydrogen-bond acceptors (Lipinski definition) is 4. The Bertz CT molecular complexity index is 840. The summed E-state index contributed by atoms with van der Waals surface area (Å²) >= 11 is 0. The summed E-state index contributed by atoms with van der Waals surface area (Å²) in [6, 6.07) is 22.0. The smallest absolute Gasteiger partial charge is 0.193 e. The zero-order chi connectivity index (χ0) is 16.9. The van der Waals surface area contributed by atoms with E-state index in [1.54, 1.807) is 43.5 Å². The minimum absolute atomic E-state index is 0.0246. The average molecular weight is 318 g/mol. The number of carbonyl (C=O) groups is 1. The number of nitrogens with one attached hydrogen (secondary N) is 1. The number of carbonyl (C=O) groups excluding carboxylic acids is 1. The van der Waals surface area contributed by atoms with Gasteiger partial charge in [-0.2, -0.15) is 0 Å². The van der Waals surface area contributed by atoms with Crippen molar-refractivity contribution in [2.45, 2.75) is 0 Å². The molecule has 3 rings (SSSR count). The summed E-state index contributed by atoms with van der Waals surface area (Å²) in [6.07, 6.45) is 0. The van der Waals surface area contributed by atoms with Crippen molar-refractivity contribution in [2.24, 2.45) is 0 Å². The molecule has 0 fully saturated rings. The van der Waals surface area contributed by atoms with Crippen molar-refractivity contribution >= 4 is 22.8 Å². The highest BCUT2D eigenvalue weighted by molar-refractivity contribution is 6.09. The molecule has 0 aliphatic heterocycles. The number of hydrogen-bond donors (Lipinski definition) is 2. The predicted molar refractivity (Wildman–Crippen MR) is 97.0 cm³/mol. The lowest BCUT2D eigenvalue weighted by Gasteiger charge is -2.09. The SMILES string of the molecule is COc1ccc(C(=O)c2ccc(Nc3ccccc3N)cc2)cc1. The summed E-state index contributed by atoms with van der Waals surface area (Å²) < 4.78 is 5.11. The van der Waals surface area contributed by atoms with Gasteiger partial charge in [0.15, 0.2) is 5.78 Å². The fourth-order valence-electron chi connectivity index (χ4n) is 2.38. The molecule has 0 saturated heterocycles. The van der Waals surface area contributed by atoms with Gasteiger partial charge >= 0.3 is 0 Å². The van der Waals surface area contributed by atoms with Gasteiger partial charge < -0.3 is 15.8 Å². The van der Waals surface area contributed by atoms with E-state index in [0.717, 1.165) is 17.1 Å². The van der Waals surface area contributed by atoms with Gasteiger partial charge in [-0.15, -0.1) is 0 Å². The molecule has 3 aromatic rings. The fraction of sp³-hybridized carbons (Fsp3) is 0.0500. The maximum Gasteiger partial charge on any atom is 0.193 e. The quantitative estimate of drug-likeness (QED) is 0.545. The molecule has 0 atom stereocenters. The minimum atomic E-state index is -0.0246. The Hall–Kier alpha value is -3.27. The molecule has 4 heteroatoms. The first-order chi connectivity index (χ1) is 11.7. The van der Waals surface area contributed by atoms with Gasteiger partial charge in [-0.3, -0.25) is 4.79 Å².